The van der Waals surface area contributed by atoms with Crippen molar-refractivity contribution in [3.63, 3.8) is 0 Å². The Balaban J connectivity index is 2.50. The van der Waals surface area contributed by atoms with Gasteiger partial charge in [0.05, 0.1) is 18.4 Å². The van der Waals surface area contributed by atoms with Crippen LogP contribution in [0.3, 0.4) is 0 Å². The lowest BCUT2D eigenvalue weighted by atomic mass is 9.97. The number of hydrogen-bond acceptors (Lipinski definition) is 3. The lowest BCUT2D eigenvalue weighted by Crippen LogP contribution is -2.32. The molecule has 2 aromatic heterocycles. The molecule has 3 rings (SSSR count). The van der Waals surface area contributed by atoms with Gasteiger partial charge in [-0.2, -0.15) is 0 Å². The van der Waals surface area contributed by atoms with Crippen molar-refractivity contribution in [2.45, 2.75) is 34.6 Å². The van der Waals surface area contributed by atoms with Gasteiger partial charge >= 0.3 is 0 Å². The first-order valence-electron chi connectivity index (χ1n) is 7.89. The van der Waals surface area contributed by atoms with Crippen molar-refractivity contribution in [2.75, 3.05) is 0 Å². The van der Waals surface area contributed by atoms with E-state index in [4.69, 9.17) is 6.35 Å². The summed E-state index contributed by atoms with van der Waals surface area (Å²) in [5.41, 5.74) is 8.62. The molecular formula is C18H21N4+. The predicted octanol–water partition coefficient (Wildman–Crippen LogP) is 3.06. The number of hydrogen-bond donors (Lipinski definition) is 0. The van der Waals surface area contributed by atoms with Crippen molar-refractivity contribution < 1.29 is 5.94 Å². The number of aromatic nitrogens is 4. The summed E-state index contributed by atoms with van der Waals surface area (Å²) in [4.78, 5) is 13.5. The second kappa shape index (κ2) is 5.13. The van der Waals surface area contributed by atoms with E-state index in [1.54, 1.807) is 4.57 Å². The maximum absolute atomic E-state index is 8.18. The number of aryl methyl sites for hydroxylation is 4. The van der Waals surface area contributed by atoms with Crippen molar-refractivity contribution >= 4 is 11.2 Å². The van der Waals surface area contributed by atoms with Crippen molar-refractivity contribution in [1.82, 2.24) is 15.0 Å². The van der Waals surface area contributed by atoms with E-state index < -0.39 is 0 Å². The standard InChI is InChI=1S/C18H21N4/c1-10-7-11(2)12(3)15(8-10)17-16-18(19-9-22(17)6)21-14(5)13(4)20-16/h7-9H,1-6H3/q+1/i9D. The summed E-state index contributed by atoms with van der Waals surface area (Å²) < 4.78 is 9.96. The van der Waals surface area contributed by atoms with E-state index in [1.165, 1.54) is 16.7 Å². The highest BCUT2D eigenvalue weighted by molar-refractivity contribution is 5.86. The molecule has 0 aliphatic carbocycles. The predicted molar refractivity (Wildman–Crippen MR) is 87.6 cm³/mol. The third-order valence-corrected chi connectivity index (χ3v) is 4.22. The van der Waals surface area contributed by atoms with Gasteiger partial charge in [-0.15, -0.1) is 0 Å². The van der Waals surface area contributed by atoms with Gasteiger partial charge in [-0.1, -0.05) is 11.6 Å². The summed E-state index contributed by atoms with van der Waals surface area (Å²) in [5, 5.41) is 0. The maximum atomic E-state index is 8.18. The van der Waals surface area contributed by atoms with Crippen LogP contribution in [-0.4, -0.2) is 15.0 Å². The zero-order valence-electron chi connectivity index (χ0n) is 14.9. The Labute approximate surface area is 132 Å². The van der Waals surface area contributed by atoms with Crippen LogP contribution < -0.4 is 4.57 Å². The van der Waals surface area contributed by atoms with E-state index >= 15 is 0 Å². The van der Waals surface area contributed by atoms with Gasteiger partial charge in [0.25, 0.3) is 12.0 Å². The molecule has 1 aromatic carbocycles. The molecule has 0 fully saturated rings. The fourth-order valence-corrected chi connectivity index (χ4v) is 2.75. The van der Waals surface area contributed by atoms with Crippen LogP contribution in [0.5, 0.6) is 0 Å². The highest BCUT2D eigenvalue weighted by Gasteiger charge is 2.20. The Morgan fingerprint density at radius 2 is 1.68 bits per heavy atom. The van der Waals surface area contributed by atoms with Gasteiger partial charge < -0.3 is 0 Å². The first-order valence-corrected chi connectivity index (χ1v) is 7.39. The number of benzene rings is 1. The molecule has 112 valence electrons. The SMILES string of the molecule is [2H]c1nc2nc(C)c(C)nc2c(-c2cc(C)cc(C)c2C)[n+]1C. The highest BCUT2D eigenvalue weighted by atomic mass is 15.0. The molecule has 0 radical (unpaired) electrons. The Morgan fingerprint density at radius 3 is 2.41 bits per heavy atom. The van der Waals surface area contributed by atoms with Crippen molar-refractivity contribution in [1.29, 1.82) is 0 Å². The Kier molecular flexibility index (Phi) is 3.10. The van der Waals surface area contributed by atoms with E-state index in [9.17, 15) is 0 Å². The van der Waals surface area contributed by atoms with Crippen LogP contribution in [-0.2, 0) is 7.05 Å². The maximum Gasteiger partial charge on any atom is 0.296 e. The topological polar surface area (TPSA) is 42.6 Å². The fourth-order valence-electron chi connectivity index (χ4n) is 2.75. The molecular weight excluding hydrogens is 272 g/mol. The zero-order valence-corrected chi connectivity index (χ0v) is 13.9. The molecule has 2 heterocycles. The average molecular weight is 294 g/mol. The molecule has 0 aliphatic rings. The first-order chi connectivity index (χ1) is 10.8. The number of fused-ring (bicyclic) bond motifs is 1. The smallest absolute Gasteiger partial charge is 0.241 e. The zero-order chi connectivity index (χ0) is 16.9. The van der Waals surface area contributed by atoms with Crippen molar-refractivity contribution in [2.24, 2.45) is 7.05 Å². The Hall–Kier alpha value is -2.36. The molecule has 4 heteroatoms. The van der Waals surface area contributed by atoms with E-state index in [-0.39, 0.29) is 6.30 Å². The quantitative estimate of drug-likeness (QED) is 0.648. The van der Waals surface area contributed by atoms with Crippen LogP contribution >= 0.6 is 0 Å². The van der Waals surface area contributed by atoms with Gasteiger partial charge in [-0.25, -0.2) is 14.5 Å². The molecule has 0 aliphatic heterocycles. The van der Waals surface area contributed by atoms with Gasteiger partial charge in [0, 0.05) is 5.56 Å². The summed E-state index contributed by atoms with van der Waals surface area (Å²) in [6.07, 6.45) is 0.184. The molecule has 0 unspecified atom stereocenters. The minimum Gasteiger partial charge on any atom is -0.241 e. The average Bonchev–Trinajstić information content (AvgIpc) is 2.47. The lowest BCUT2D eigenvalue weighted by Gasteiger charge is -2.12. The molecule has 4 nitrogen and oxygen atoms in total. The third-order valence-electron chi connectivity index (χ3n) is 4.22. The molecule has 3 aromatic rings. The lowest BCUT2D eigenvalue weighted by molar-refractivity contribution is -0.662. The second-order valence-electron chi connectivity index (χ2n) is 5.94. The number of rotatable bonds is 1. The molecule has 0 amide bonds. The van der Waals surface area contributed by atoms with Crippen LogP contribution in [0.25, 0.3) is 22.4 Å². The number of nitrogens with zero attached hydrogens (tertiary/aromatic N) is 4. The van der Waals surface area contributed by atoms with Crippen molar-refractivity contribution in [3.05, 3.63) is 46.5 Å². The Morgan fingerprint density at radius 1 is 1.00 bits per heavy atom. The van der Waals surface area contributed by atoms with E-state index in [2.05, 4.69) is 42.9 Å². The van der Waals surface area contributed by atoms with Crippen molar-refractivity contribution in [3.8, 4) is 11.3 Å². The summed E-state index contributed by atoms with van der Waals surface area (Å²) >= 11 is 0. The molecule has 0 spiro atoms. The van der Waals surface area contributed by atoms with Crippen LogP contribution in [0, 0.1) is 34.6 Å². The molecule has 22 heavy (non-hydrogen) atoms. The normalized spacial score (nSPS) is 11.8. The molecule has 0 atom stereocenters. The molecule has 0 saturated carbocycles. The Bertz CT molecular complexity index is 943. The van der Waals surface area contributed by atoms with Crippen LogP contribution in [0.1, 0.15) is 29.4 Å². The van der Waals surface area contributed by atoms with Gasteiger partial charge in [0.15, 0.2) is 12.6 Å². The minimum absolute atomic E-state index is 0.184. The van der Waals surface area contributed by atoms with E-state index in [1.807, 2.05) is 20.9 Å². The van der Waals surface area contributed by atoms with E-state index in [0.29, 0.717) is 5.65 Å². The minimum atomic E-state index is 0.184. The molecule has 0 N–H and O–H groups in total. The highest BCUT2D eigenvalue weighted by Crippen LogP contribution is 2.28. The summed E-state index contributed by atoms with van der Waals surface area (Å²) in [7, 11) is 1.86. The van der Waals surface area contributed by atoms with Crippen LogP contribution in [0.4, 0.5) is 0 Å². The summed E-state index contributed by atoms with van der Waals surface area (Å²) in [5.74, 6) is 0. The third kappa shape index (κ3) is 2.25. The largest absolute Gasteiger partial charge is 0.296 e. The van der Waals surface area contributed by atoms with Crippen LogP contribution in [0.15, 0.2) is 18.4 Å². The monoisotopic (exact) mass is 294 g/mol. The van der Waals surface area contributed by atoms with Gasteiger partial charge in [-0.3, -0.25) is 0 Å². The molecule has 0 bridgehead atoms. The van der Waals surface area contributed by atoms with Gasteiger partial charge in [-0.05, 0) is 56.8 Å². The summed E-state index contributed by atoms with van der Waals surface area (Å²) in [6.45, 7) is 10.2. The fraction of sp³-hybridized carbons (Fsp3) is 0.333. The van der Waals surface area contributed by atoms with Gasteiger partial charge in [0.2, 0.25) is 0 Å². The van der Waals surface area contributed by atoms with Gasteiger partial charge in [0.1, 0.15) is 0 Å². The van der Waals surface area contributed by atoms with Crippen LogP contribution in [0.2, 0.25) is 0 Å². The second-order valence-corrected chi connectivity index (χ2v) is 5.94. The molecule has 0 saturated heterocycles. The summed E-state index contributed by atoms with van der Waals surface area (Å²) in [6, 6.07) is 4.32. The van der Waals surface area contributed by atoms with E-state index in [0.717, 1.165) is 28.2 Å². The first kappa shape index (κ1) is 13.3.